The first-order valence-corrected chi connectivity index (χ1v) is 9.08. The molecular formula is C16H18ClN5O3S. The lowest BCUT2D eigenvalue weighted by atomic mass is 10.1. The molecule has 0 aliphatic carbocycles. The van der Waals surface area contributed by atoms with Crippen LogP contribution in [0.4, 0.5) is 0 Å². The number of aryl methyl sites for hydroxylation is 1. The van der Waals surface area contributed by atoms with E-state index >= 15 is 0 Å². The van der Waals surface area contributed by atoms with E-state index in [-0.39, 0.29) is 16.7 Å². The van der Waals surface area contributed by atoms with Crippen molar-refractivity contribution in [1.29, 1.82) is 0 Å². The standard InChI is InChI=1S/C16H18ClN5O3S/c1-4-12(10-5-7-11(17)8-6-10)18-19-13(23)9-26-14-15(24)21(2)16(25)22(3)20-14/h5-8H,4,9H2,1-3H3,(H,19,23)/b18-12-. The van der Waals surface area contributed by atoms with E-state index in [4.69, 9.17) is 11.6 Å². The number of hydrogen-bond donors (Lipinski definition) is 1. The Kier molecular flexibility index (Phi) is 6.76. The van der Waals surface area contributed by atoms with Crippen LogP contribution >= 0.6 is 23.4 Å². The summed E-state index contributed by atoms with van der Waals surface area (Å²) >= 11 is 6.81. The Balaban J connectivity index is 2.04. The predicted molar refractivity (Wildman–Crippen MR) is 102 cm³/mol. The van der Waals surface area contributed by atoms with Crippen molar-refractivity contribution in [3.63, 3.8) is 0 Å². The van der Waals surface area contributed by atoms with Gasteiger partial charge in [-0.25, -0.2) is 14.9 Å². The van der Waals surface area contributed by atoms with Gasteiger partial charge in [-0.1, -0.05) is 42.4 Å². The van der Waals surface area contributed by atoms with Crippen molar-refractivity contribution in [3.05, 3.63) is 55.7 Å². The van der Waals surface area contributed by atoms with Gasteiger partial charge in [-0.2, -0.15) is 10.2 Å². The monoisotopic (exact) mass is 395 g/mol. The fourth-order valence-corrected chi connectivity index (χ4v) is 2.94. The van der Waals surface area contributed by atoms with Gasteiger partial charge in [0.15, 0.2) is 5.03 Å². The third kappa shape index (κ3) is 4.83. The van der Waals surface area contributed by atoms with E-state index in [0.717, 1.165) is 26.6 Å². The van der Waals surface area contributed by atoms with Gasteiger partial charge in [0.25, 0.3) is 5.56 Å². The van der Waals surface area contributed by atoms with Gasteiger partial charge in [-0.3, -0.25) is 14.2 Å². The summed E-state index contributed by atoms with van der Waals surface area (Å²) in [6.45, 7) is 1.92. The highest BCUT2D eigenvalue weighted by Crippen LogP contribution is 2.12. The first kappa shape index (κ1) is 19.9. The van der Waals surface area contributed by atoms with Crippen LogP contribution in [0.25, 0.3) is 0 Å². The average Bonchev–Trinajstić information content (AvgIpc) is 2.63. The fourth-order valence-electron chi connectivity index (χ4n) is 2.05. The van der Waals surface area contributed by atoms with Crippen LogP contribution < -0.4 is 16.7 Å². The molecule has 1 amide bonds. The SMILES string of the molecule is CC/C(=N/NC(=O)CSc1nn(C)c(=O)n(C)c1=O)c1ccc(Cl)cc1. The molecule has 0 saturated carbocycles. The molecule has 0 spiro atoms. The minimum atomic E-state index is -0.537. The highest BCUT2D eigenvalue weighted by molar-refractivity contribution is 7.99. The second-order valence-corrected chi connectivity index (χ2v) is 6.72. The Morgan fingerprint density at radius 2 is 1.92 bits per heavy atom. The summed E-state index contributed by atoms with van der Waals surface area (Å²) in [6, 6.07) is 7.15. The molecule has 10 heteroatoms. The molecule has 0 aliphatic rings. The Morgan fingerprint density at radius 1 is 1.27 bits per heavy atom. The van der Waals surface area contributed by atoms with Gasteiger partial charge < -0.3 is 0 Å². The van der Waals surface area contributed by atoms with Crippen molar-refractivity contribution >= 4 is 35.0 Å². The Labute approximate surface area is 158 Å². The van der Waals surface area contributed by atoms with Crippen molar-refractivity contribution in [2.75, 3.05) is 5.75 Å². The van der Waals surface area contributed by atoms with E-state index in [0.29, 0.717) is 17.2 Å². The zero-order valence-corrected chi connectivity index (χ0v) is 16.1. The van der Waals surface area contributed by atoms with E-state index in [9.17, 15) is 14.4 Å². The fraction of sp³-hybridized carbons (Fsp3) is 0.312. The lowest BCUT2D eigenvalue weighted by Crippen LogP contribution is -2.39. The first-order valence-electron chi connectivity index (χ1n) is 7.72. The van der Waals surface area contributed by atoms with Crippen molar-refractivity contribution in [2.24, 2.45) is 19.2 Å². The summed E-state index contributed by atoms with van der Waals surface area (Å²) in [5, 5.41) is 8.70. The Morgan fingerprint density at radius 3 is 2.54 bits per heavy atom. The van der Waals surface area contributed by atoms with E-state index in [1.807, 2.05) is 19.1 Å². The molecule has 0 fully saturated rings. The molecule has 2 rings (SSSR count). The molecule has 26 heavy (non-hydrogen) atoms. The van der Waals surface area contributed by atoms with Crippen LogP contribution in [0.1, 0.15) is 18.9 Å². The van der Waals surface area contributed by atoms with E-state index in [1.165, 1.54) is 14.1 Å². The van der Waals surface area contributed by atoms with Gasteiger partial charge in [-0.05, 0) is 24.1 Å². The summed E-state index contributed by atoms with van der Waals surface area (Å²) in [5.41, 5.74) is 2.97. The van der Waals surface area contributed by atoms with E-state index < -0.39 is 11.2 Å². The summed E-state index contributed by atoms with van der Waals surface area (Å²) in [4.78, 5) is 35.6. The number of nitrogens with one attached hydrogen (secondary N) is 1. The van der Waals surface area contributed by atoms with Crippen LogP contribution in [0.3, 0.4) is 0 Å². The van der Waals surface area contributed by atoms with Crippen LogP contribution in [0.15, 0.2) is 44.0 Å². The summed E-state index contributed by atoms with van der Waals surface area (Å²) in [5.74, 6) is -0.436. The highest BCUT2D eigenvalue weighted by Gasteiger charge is 2.11. The van der Waals surface area contributed by atoms with E-state index in [1.54, 1.807) is 12.1 Å². The van der Waals surface area contributed by atoms with Crippen LogP contribution in [0, 0.1) is 0 Å². The zero-order valence-electron chi connectivity index (χ0n) is 14.5. The maximum absolute atomic E-state index is 12.0. The minimum absolute atomic E-state index is 0.0540. The van der Waals surface area contributed by atoms with E-state index in [2.05, 4.69) is 15.6 Å². The lowest BCUT2D eigenvalue weighted by molar-refractivity contribution is -0.118. The normalized spacial score (nSPS) is 11.5. The highest BCUT2D eigenvalue weighted by atomic mass is 35.5. The number of rotatable bonds is 6. The number of hydrazone groups is 1. The second kappa shape index (κ2) is 8.81. The zero-order chi connectivity index (χ0) is 19.3. The van der Waals surface area contributed by atoms with Gasteiger partial charge in [-0.15, -0.1) is 0 Å². The first-order chi connectivity index (χ1) is 12.3. The van der Waals surface area contributed by atoms with Gasteiger partial charge >= 0.3 is 5.69 Å². The van der Waals surface area contributed by atoms with Gasteiger partial charge in [0, 0.05) is 19.1 Å². The maximum Gasteiger partial charge on any atom is 0.346 e. The molecule has 1 aromatic heterocycles. The summed E-state index contributed by atoms with van der Waals surface area (Å²) < 4.78 is 2.00. The third-order valence-corrected chi connectivity index (χ3v) is 4.65. The number of aromatic nitrogens is 3. The molecule has 0 saturated heterocycles. The molecule has 0 aliphatic heterocycles. The summed E-state index contributed by atoms with van der Waals surface area (Å²) in [7, 11) is 2.80. The smallest absolute Gasteiger partial charge is 0.272 e. The molecule has 138 valence electrons. The molecule has 1 aromatic carbocycles. The lowest BCUT2D eigenvalue weighted by Gasteiger charge is -2.06. The van der Waals surface area contributed by atoms with Crippen LogP contribution in [0.5, 0.6) is 0 Å². The third-order valence-electron chi connectivity index (χ3n) is 3.46. The number of thioether (sulfide) groups is 1. The van der Waals surface area contributed by atoms with Crippen molar-refractivity contribution in [3.8, 4) is 0 Å². The topological polar surface area (TPSA) is 98.3 Å². The Bertz CT molecular complexity index is 950. The van der Waals surface area contributed by atoms with Gasteiger partial charge in [0.1, 0.15) is 0 Å². The molecule has 1 heterocycles. The number of halogens is 1. The van der Waals surface area contributed by atoms with Crippen molar-refractivity contribution in [1.82, 2.24) is 19.8 Å². The van der Waals surface area contributed by atoms with Crippen LogP contribution in [0.2, 0.25) is 5.02 Å². The van der Waals surface area contributed by atoms with Crippen LogP contribution in [-0.4, -0.2) is 31.7 Å². The quantitative estimate of drug-likeness (QED) is 0.449. The molecule has 2 aromatic rings. The number of nitrogens with zero attached hydrogens (tertiary/aromatic N) is 4. The van der Waals surface area contributed by atoms with Crippen LogP contribution in [-0.2, 0) is 18.9 Å². The molecule has 0 radical (unpaired) electrons. The largest absolute Gasteiger partial charge is 0.346 e. The number of carbonyl (C=O) groups is 1. The molecule has 8 nitrogen and oxygen atoms in total. The average molecular weight is 396 g/mol. The number of amides is 1. The summed E-state index contributed by atoms with van der Waals surface area (Å²) in [6.07, 6.45) is 0.623. The molecular weight excluding hydrogens is 378 g/mol. The number of benzene rings is 1. The predicted octanol–water partition coefficient (Wildman–Crippen LogP) is 1.15. The minimum Gasteiger partial charge on any atom is -0.272 e. The molecule has 1 N–H and O–H groups in total. The van der Waals surface area contributed by atoms with Crippen molar-refractivity contribution < 1.29 is 4.79 Å². The number of hydrogen-bond acceptors (Lipinski definition) is 6. The molecule has 0 unspecified atom stereocenters. The Hall–Kier alpha value is -2.39. The maximum atomic E-state index is 12.0. The second-order valence-electron chi connectivity index (χ2n) is 5.32. The molecule has 0 bridgehead atoms. The van der Waals surface area contributed by atoms with Crippen molar-refractivity contribution in [2.45, 2.75) is 18.4 Å². The number of carbonyl (C=O) groups excluding carboxylic acids is 1. The van der Waals surface area contributed by atoms with Gasteiger partial charge in [0.05, 0.1) is 11.5 Å². The van der Waals surface area contributed by atoms with Gasteiger partial charge in [0.2, 0.25) is 5.91 Å². The molecule has 0 atom stereocenters.